The molecular weight excluding hydrogens is 432 g/mol. The highest BCUT2D eigenvalue weighted by atomic mass is 32.1. The lowest BCUT2D eigenvalue weighted by molar-refractivity contribution is -0.380. The summed E-state index contributed by atoms with van der Waals surface area (Å²) in [5.41, 5.74) is 3.09. The first-order valence-corrected chi connectivity index (χ1v) is 10.3. The van der Waals surface area contributed by atoms with Gasteiger partial charge in [0.15, 0.2) is 11.7 Å². The van der Waals surface area contributed by atoms with Crippen LogP contribution < -0.4 is 5.32 Å². The van der Waals surface area contributed by atoms with Crippen molar-refractivity contribution in [3.8, 4) is 11.3 Å². The van der Waals surface area contributed by atoms with Crippen molar-refractivity contribution in [2.75, 3.05) is 11.9 Å². The Morgan fingerprint density at radius 2 is 1.84 bits per heavy atom. The second-order valence-electron chi connectivity index (χ2n) is 6.73. The fourth-order valence-electron chi connectivity index (χ4n) is 3.21. The van der Waals surface area contributed by atoms with E-state index in [-0.39, 0.29) is 10.1 Å². The van der Waals surface area contributed by atoms with E-state index in [1.54, 1.807) is 25.1 Å². The predicted molar refractivity (Wildman–Crippen MR) is 120 cm³/mol. The lowest BCUT2D eigenvalue weighted by atomic mass is 9.98. The molecule has 0 aliphatic heterocycles. The maximum atomic E-state index is 13.0. The van der Waals surface area contributed by atoms with Crippen LogP contribution in [0, 0.1) is 17.0 Å². The van der Waals surface area contributed by atoms with Crippen molar-refractivity contribution in [3.05, 3.63) is 82.0 Å². The van der Waals surface area contributed by atoms with E-state index in [4.69, 9.17) is 9.72 Å². The van der Waals surface area contributed by atoms with Crippen molar-refractivity contribution in [1.29, 1.82) is 0 Å². The monoisotopic (exact) mass is 448 g/mol. The van der Waals surface area contributed by atoms with Gasteiger partial charge in [-0.3, -0.25) is 20.2 Å². The second-order valence-corrected chi connectivity index (χ2v) is 7.74. The zero-order valence-electron chi connectivity index (χ0n) is 16.8. The summed E-state index contributed by atoms with van der Waals surface area (Å²) in [6.45, 7) is 1.22. The molecule has 0 bridgehead atoms. The van der Waals surface area contributed by atoms with Crippen molar-refractivity contribution in [2.45, 2.75) is 6.92 Å². The van der Waals surface area contributed by atoms with Gasteiger partial charge in [-0.1, -0.05) is 48.5 Å². The first-order valence-electron chi connectivity index (χ1n) is 9.46. The van der Waals surface area contributed by atoms with Crippen molar-refractivity contribution < 1.29 is 19.2 Å². The number of nitrogens with zero attached hydrogens (tertiary/aromatic N) is 3. The summed E-state index contributed by atoms with van der Waals surface area (Å²) in [7, 11) is 0. The van der Waals surface area contributed by atoms with Crippen LogP contribution in [-0.4, -0.2) is 33.4 Å². The first kappa shape index (κ1) is 21.1. The molecule has 0 aliphatic rings. The van der Waals surface area contributed by atoms with E-state index in [0.717, 1.165) is 11.8 Å². The number of esters is 1. The first-order chi connectivity index (χ1) is 15.4. The van der Waals surface area contributed by atoms with E-state index in [1.165, 1.54) is 0 Å². The highest BCUT2D eigenvalue weighted by Gasteiger charge is 2.21. The van der Waals surface area contributed by atoms with Gasteiger partial charge in [0.05, 0.1) is 21.7 Å². The summed E-state index contributed by atoms with van der Waals surface area (Å²) in [6, 6.07) is 16.7. The third-order valence-corrected chi connectivity index (χ3v) is 5.51. The number of rotatable bonds is 6. The third-order valence-electron chi connectivity index (χ3n) is 4.64. The number of carbonyl (C=O) groups excluding carboxylic acids is 2. The third kappa shape index (κ3) is 4.30. The number of amides is 1. The molecule has 1 N–H and O–H groups in total. The fourth-order valence-corrected chi connectivity index (χ4v) is 3.86. The molecule has 0 saturated heterocycles. The summed E-state index contributed by atoms with van der Waals surface area (Å²) in [5.74, 6) is -1.32. The van der Waals surface area contributed by atoms with Gasteiger partial charge in [-0.15, -0.1) is 0 Å². The number of nitro groups is 1. The summed E-state index contributed by atoms with van der Waals surface area (Å²) in [5, 5.41) is 13.6. The maximum Gasteiger partial charge on any atom is 0.345 e. The summed E-state index contributed by atoms with van der Waals surface area (Å²) in [4.78, 5) is 43.7. The predicted octanol–water partition coefficient (Wildman–Crippen LogP) is 4.37. The average Bonchev–Trinajstić information content (AvgIpc) is 3.26. The zero-order valence-corrected chi connectivity index (χ0v) is 17.6. The van der Waals surface area contributed by atoms with Crippen LogP contribution in [0.4, 0.5) is 10.1 Å². The average molecular weight is 448 g/mol. The minimum Gasteiger partial charge on any atom is -0.452 e. The van der Waals surface area contributed by atoms with Crippen LogP contribution in [0.25, 0.3) is 22.2 Å². The van der Waals surface area contributed by atoms with Crippen LogP contribution in [-0.2, 0) is 9.53 Å². The molecule has 0 aliphatic carbocycles. The van der Waals surface area contributed by atoms with E-state index in [1.807, 2.05) is 36.4 Å². The van der Waals surface area contributed by atoms with E-state index in [9.17, 15) is 19.7 Å². The standard InChI is InChI=1S/C22H16N4O5S/c1-13-19(21(28)31-12-17(27)25-22-23-11-18(32-22)26(29)30)15-9-5-6-10-16(15)24-20(13)14-7-3-2-4-8-14/h2-11H,12H2,1H3,(H,23,25,27). The smallest absolute Gasteiger partial charge is 0.345 e. The van der Waals surface area contributed by atoms with Crippen LogP contribution in [0.2, 0.25) is 0 Å². The molecule has 0 spiro atoms. The van der Waals surface area contributed by atoms with Crippen molar-refractivity contribution in [3.63, 3.8) is 0 Å². The number of para-hydroxylation sites is 1. The molecule has 4 rings (SSSR count). The Balaban J connectivity index is 1.58. The summed E-state index contributed by atoms with van der Waals surface area (Å²) >= 11 is 0.713. The molecule has 160 valence electrons. The SMILES string of the molecule is Cc1c(-c2ccccc2)nc2ccccc2c1C(=O)OCC(=O)Nc1ncc([N+](=O)[O-])s1. The Labute approximate surface area is 185 Å². The van der Waals surface area contributed by atoms with E-state index in [0.29, 0.717) is 39.1 Å². The number of fused-ring (bicyclic) bond motifs is 1. The molecule has 2 heterocycles. The van der Waals surface area contributed by atoms with Gasteiger partial charge in [0, 0.05) is 10.9 Å². The van der Waals surface area contributed by atoms with Gasteiger partial charge in [-0.05, 0) is 29.9 Å². The van der Waals surface area contributed by atoms with Crippen LogP contribution in [0.3, 0.4) is 0 Å². The van der Waals surface area contributed by atoms with Gasteiger partial charge >= 0.3 is 11.0 Å². The maximum absolute atomic E-state index is 13.0. The molecular formula is C22H16N4O5S. The normalized spacial score (nSPS) is 10.7. The van der Waals surface area contributed by atoms with Crippen molar-refractivity contribution in [1.82, 2.24) is 9.97 Å². The number of anilines is 1. The number of thiazole rings is 1. The van der Waals surface area contributed by atoms with Crippen LogP contribution >= 0.6 is 11.3 Å². The number of aromatic nitrogens is 2. The van der Waals surface area contributed by atoms with Crippen LogP contribution in [0.15, 0.2) is 60.8 Å². The minimum atomic E-state index is -0.668. The van der Waals surface area contributed by atoms with Gasteiger partial charge in [0.2, 0.25) is 0 Å². The second kappa shape index (κ2) is 8.90. The highest BCUT2D eigenvalue weighted by Crippen LogP contribution is 2.30. The van der Waals surface area contributed by atoms with E-state index in [2.05, 4.69) is 10.3 Å². The van der Waals surface area contributed by atoms with Crippen LogP contribution in [0.1, 0.15) is 15.9 Å². The number of pyridine rings is 1. The highest BCUT2D eigenvalue weighted by molar-refractivity contribution is 7.18. The quantitative estimate of drug-likeness (QED) is 0.264. The number of hydrogen-bond acceptors (Lipinski definition) is 8. The lowest BCUT2D eigenvalue weighted by Gasteiger charge is -2.14. The van der Waals surface area contributed by atoms with Gasteiger partial charge in [0.25, 0.3) is 5.91 Å². The molecule has 0 fully saturated rings. The molecule has 0 saturated carbocycles. The number of hydrogen-bond donors (Lipinski definition) is 1. The van der Waals surface area contributed by atoms with E-state index < -0.39 is 23.4 Å². The Kier molecular flexibility index (Phi) is 5.86. The topological polar surface area (TPSA) is 124 Å². The summed E-state index contributed by atoms with van der Waals surface area (Å²) < 4.78 is 5.26. The van der Waals surface area contributed by atoms with E-state index >= 15 is 0 Å². The fraction of sp³-hybridized carbons (Fsp3) is 0.0909. The zero-order chi connectivity index (χ0) is 22.7. The number of benzene rings is 2. The molecule has 10 heteroatoms. The Morgan fingerprint density at radius 3 is 2.56 bits per heavy atom. The van der Waals surface area contributed by atoms with Crippen LogP contribution in [0.5, 0.6) is 0 Å². The molecule has 0 unspecified atom stereocenters. The van der Waals surface area contributed by atoms with Crippen molar-refractivity contribution >= 4 is 44.2 Å². The lowest BCUT2D eigenvalue weighted by Crippen LogP contribution is -2.21. The molecule has 9 nitrogen and oxygen atoms in total. The molecule has 32 heavy (non-hydrogen) atoms. The number of carbonyl (C=O) groups is 2. The molecule has 4 aromatic rings. The molecule has 2 aromatic carbocycles. The largest absolute Gasteiger partial charge is 0.452 e. The number of nitrogens with one attached hydrogen (secondary N) is 1. The number of ether oxygens (including phenoxy) is 1. The molecule has 0 radical (unpaired) electrons. The Hall–Kier alpha value is -4.18. The van der Waals surface area contributed by atoms with Gasteiger partial charge in [0.1, 0.15) is 6.20 Å². The van der Waals surface area contributed by atoms with Crippen molar-refractivity contribution in [2.24, 2.45) is 0 Å². The van der Waals surface area contributed by atoms with Gasteiger partial charge in [-0.25, -0.2) is 14.8 Å². The minimum absolute atomic E-state index is 0.0506. The molecule has 0 atom stereocenters. The Bertz CT molecular complexity index is 1340. The summed E-state index contributed by atoms with van der Waals surface area (Å²) in [6.07, 6.45) is 1.05. The Morgan fingerprint density at radius 1 is 1.12 bits per heavy atom. The molecule has 2 aromatic heterocycles. The van der Waals surface area contributed by atoms with Gasteiger partial charge < -0.3 is 4.74 Å². The van der Waals surface area contributed by atoms with Gasteiger partial charge in [-0.2, -0.15) is 0 Å². The molecule has 1 amide bonds.